The van der Waals surface area contributed by atoms with Gasteiger partial charge in [0.25, 0.3) is 6.07 Å². The number of carboxylic acids is 1. The van der Waals surface area contributed by atoms with Crippen LogP contribution >= 0.6 is 11.6 Å². The van der Waals surface area contributed by atoms with Crippen molar-refractivity contribution >= 4 is 29.3 Å². The molecule has 5 aliphatic carbocycles. The predicted molar refractivity (Wildman–Crippen MR) is 232 cm³/mol. The van der Waals surface area contributed by atoms with Crippen molar-refractivity contribution < 1.29 is 29.3 Å². The molecule has 1 aromatic rings. The molecular weight excluding hydrogens is 762 g/mol. The van der Waals surface area contributed by atoms with Crippen LogP contribution in [0.25, 0.3) is 4.85 Å². The summed E-state index contributed by atoms with van der Waals surface area (Å²) in [5.74, 6) is -0.884. The summed E-state index contributed by atoms with van der Waals surface area (Å²) in [4.78, 5) is 49.3. The van der Waals surface area contributed by atoms with E-state index in [-0.39, 0.29) is 39.8 Å². The number of carboxylic acid groups (broad SMARTS) is 1. The summed E-state index contributed by atoms with van der Waals surface area (Å²) in [7, 11) is 4.15. The molecular formula is C49H71ClN3O6+. The van der Waals surface area contributed by atoms with Gasteiger partial charge in [-0.3, -0.25) is 19.3 Å². The van der Waals surface area contributed by atoms with Crippen molar-refractivity contribution in [3.8, 4) is 6.07 Å². The van der Waals surface area contributed by atoms with Crippen LogP contribution in [0.4, 0.5) is 0 Å². The second-order valence-corrected chi connectivity index (χ2v) is 22.6. The summed E-state index contributed by atoms with van der Waals surface area (Å²) >= 11 is 6.43. The summed E-state index contributed by atoms with van der Waals surface area (Å²) in [5, 5.41) is 23.2. The maximum atomic E-state index is 14.5. The number of aliphatic carboxylic acids is 1. The lowest BCUT2D eigenvalue weighted by Gasteiger charge is -2.74. The van der Waals surface area contributed by atoms with Crippen LogP contribution in [0.2, 0.25) is 5.02 Å². The van der Waals surface area contributed by atoms with E-state index in [9.17, 15) is 24.6 Å². The number of aliphatic hydroxyl groups is 1. The van der Waals surface area contributed by atoms with Gasteiger partial charge in [-0.15, -0.1) is 0 Å². The number of hydrogen-bond acceptors (Lipinski definition) is 7. The van der Waals surface area contributed by atoms with Crippen molar-refractivity contribution in [1.82, 2.24) is 9.80 Å². The first kappa shape index (κ1) is 44.3. The standard InChI is InChI=1S/C49H70ClN3O6/c1-31(2)39-34(54)26-48(36(55)29-53(24-23-52(10)11)28-32-13-12-14-33(50)25-32)21-20-47(9)43(5)19-22-49-44(6,35(43)15-17-45(47,7)40(39)48)18-16-37(46(49,8)30-51-49)59-38(56)27-42(3,4)41(57)58/h12-14,25,31,35-37,55H,15-24,26-29H2,1-11H3/p+1/t35-,36+,37-,43+,44+,45+,46+,47-,48-,49-/m0/s1. The predicted octanol–water partition coefficient (Wildman–Crippen LogP) is 9.30. The fourth-order valence-electron chi connectivity index (χ4n) is 14.5. The number of nitrogens with zero attached hydrogens (tertiary/aromatic N) is 3. The minimum absolute atomic E-state index is 0.0550. The topological polar surface area (TPSA) is 112 Å². The molecule has 1 aliphatic heterocycles. The number of carbonyl (C=O) groups is 3. The van der Waals surface area contributed by atoms with E-state index in [1.807, 2.05) is 18.2 Å². The molecule has 10 atom stereocenters. The third kappa shape index (κ3) is 6.33. The number of allylic oxidation sites excluding steroid dienone is 1. The van der Waals surface area contributed by atoms with Gasteiger partial charge in [0.2, 0.25) is 5.41 Å². The highest BCUT2D eigenvalue weighted by molar-refractivity contribution is 6.30. The van der Waals surface area contributed by atoms with E-state index in [1.54, 1.807) is 13.8 Å². The molecule has 0 aromatic heterocycles. The Morgan fingerprint density at radius 1 is 1.00 bits per heavy atom. The molecule has 1 spiro atoms. The molecule has 0 saturated heterocycles. The minimum atomic E-state index is -1.21. The number of benzene rings is 1. The lowest BCUT2D eigenvalue weighted by Crippen LogP contribution is -2.76. The van der Waals surface area contributed by atoms with E-state index in [2.05, 4.69) is 84.5 Å². The Morgan fingerprint density at radius 3 is 2.32 bits per heavy atom. The Morgan fingerprint density at radius 2 is 1.71 bits per heavy atom. The fourth-order valence-corrected chi connectivity index (χ4v) is 14.7. The zero-order chi connectivity index (χ0) is 43.4. The van der Waals surface area contributed by atoms with Gasteiger partial charge in [0.05, 0.1) is 23.4 Å². The molecule has 1 aromatic carbocycles. The van der Waals surface area contributed by atoms with Crippen LogP contribution in [0.5, 0.6) is 0 Å². The van der Waals surface area contributed by atoms with Crippen molar-refractivity contribution in [2.75, 3.05) is 33.7 Å². The van der Waals surface area contributed by atoms with Crippen molar-refractivity contribution in [2.24, 2.45) is 49.7 Å². The SMILES string of the molecule is CC(C)C1=C2[C@@]([C@H](O)CN(CCN(C)C)Cc3cccc(Cl)c3)(CC[C@]3(C)[C@]2(C)CC[C@H]2[C@@]3(C)CC[C@@]34[N+]#C[C@]3(C)[C@@H](OC(=O)CC(C)(C)C(=O)O)CC[C@]24C)CC1=O. The van der Waals surface area contributed by atoms with Crippen LogP contribution in [0.15, 0.2) is 35.4 Å². The molecule has 4 fully saturated rings. The summed E-state index contributed by atoms with van der Waals surface area (Å²) in [6, 6.07) is 11.4. The van der Waals surface area contributed by atoms with Crippen molar-refractivity contribution in [1.29, 1.82) is 0 Å². The van der Waals surface area contributed by atoms with Gasteiger partial charge < -0.3 is 19.8 Å². The Balaban J connectivity index is 1.21. The van der Waals surface area contributed by atoms with E-state index in [0.717, 1.165) is 69.2 Å². The van der Waals surface area contributed by atoms with Gasteiger partial charge in [-0.2, -0.15) is 0 Å². The van der Waals surface area contributed by atoms with Gasteiger partial charge in [-0.05, 0) is 137 Å². The lowest BCUT2D eigenvalue weighted by molar-refractivity contribution is -0.250. The second kappa shape index (κ2) is 14.7. The molecule has 59 heavy (non-hydrogen) atoms. The molecule has 10 heteroatoms. The summed E-state index contributed by atoms with van der Waals surface area (Å²) in [6.45, 7) is 22.4. The van der Waals surface area contributed by atoms with E-state index >= 15 is 0 Å². The first-order chi connectivity index (χ1) is 27.4. The van der Waals surface area contributed by atoms with Crippen LogP contribution in [-0.2, 0) is 25.7 Å². The first-order valence-corrected chi connectivity index (χ1v) is 22.7. The second-order valence-electron chi connectivity index (χ2n) is 22.1. The number of hydrogen-bond donors (Lipinski definition) is 2. The highest BCUT2D eigenvalue weighted by atomic mass is 35.5. The molecule has 0 unspecified atom stereocenters. The molecule has 324 valence electrons. The molecule has 4 saturated carbocycles. The van der Waals surface area contributed by atoms with Crippen molar-refractivity contribution in [3.63, 3.8) is 0 Å². The number of aliphatic hydroxyl groups excluding tert-OH is 1. The van der Waals surface area contributed by atoms with E-state index in [1.165, 1.54) is 5.57 Å². The number of ether oxygens (including phenoxy) is 1. The van der Waals surface area contributed by atoms with Gasteiger partial charge in [-0.1, -0.05) is 70.1 Å². The van der Waals surface area contributed by atoms with Crippen LogP contribution in [0.3, 0.4) is 0 Å². The molecule has 0 radical (unpaired) electrons. The molecule has 9 nitrogen and oxygen atoms in total. The zero-order valence-corrected chi connectivity index (χ0v) is 38.5. The molecule has 2 N–H and O–H groups in total. The third-order valence-corrected chi connectivity index (χ3v) is 18.5. The van der Waals surface area contributed by atoms with E-state index in [4.69, 9.17) is 21.2 Å². The lowest BCUT2D eigenvalue weighted by atomic mass is 9.28. The quantitative estimate of drug-likeness (QED) is 0.189. The highest BCUT2D eigenvalue weighted by Crippen LogP contribution is 2.82. The zero-order valence-electron chi connectivity index (χ0n) is 37.8. The number of likely N-dealkylation sites (N-methyl/N-ethyl adjacent to an activating group) is 1. The molecule has 7 rings (SSSR count). The number of Topliss-reactive ketones (excluding diaryl/α,β-unsaturated/α-hetero) is 1. The van der Waals surface area contributed by atoms with Crippen LogP contribution in [-0.4, -0.2) is 89.2 Å². The number of esters is 1. The summed E-state index contributed by atoms with van der Waals surface area (Å²) < 4.78 is 6.21. The third-order valence-electron chi connectivity index (χ3n) is 18.2. The van der Waals surface area contributed by atoms with E-state index in [0.29, 0.717) is 36.9 Å². The maximum Gasteiger partial charge on any atom is 0.312 e. The number of rotatable bonds is 13. The van der Waals surface area contributed by atoms with Gasteiger partial charge in [0, 0.05) is 49.5 Å². The maximum absolute atomic E-state index is 14.5. The Labute approximate surface area is 358 Å². The Hall–Kier alpha value is -2.77. The molecule has 0 amide bonds. The Kier molecular flexibility index (Phi) is 11.0. The van der Waals surface area contributed by atoms with Gasteiger partial charge in [0.1, 0.15) is 6.10 Å². The van der Waals surface area contributed by atoms with Crippen molar-refractivity contribution in [3.05, 3.63) is 50.8 Å². The van der Waals surface area contributed by atoms with Crippen molar-refractivity contribution in [2.45, 2.75) is 151 Å². The molecule has 1 heterocycles. The monoisotopic (exact) mass is 833 g/mol. The average molecular weight is 834 g/mol. The highest BCUT2D eigenvalue weighted by Gasteiger charge is 2.86. The van der Waals surface area contributed by atoms with Crippen LogP contribution in [0, 0.1) is 55.8 Å². The number of halogens is 1. The smallest absolute Gasteiger partial charge is 0.312 e. The van der Waals surface area contributed by atoms with Crippen LogP contribution in [0.1, 0.15) is 132 Å². The molecule has 0 bridgehead atoms. The minimum Gasteiger partial charge on any atom is -0.481 e. The summed E-state index contributed by atoms with van der Waals surface area (Å²) in [5.41, 5.74) is -0.198. The molecule has 6 aliphatic rings. The van der Waals surface area contributed by atoms with E-state index < -0.39 is 45.9 Å². The van der Waals surface area contributed by atoms with Gasteiger partial charge >= 0.3 is 17.5 Å². The number of ketones is 1. The summed E-state index contributed by atoms with van der Waals surface area (Å²) in [6.07, 6.45) is 6.04. The fraction of sp³-hybridized carbons (Fsp3) is 0.755. The Bertz CT molecular complexity index is 2000. The van der Waals surface area contributed by atoms with Gasteiger partial charge in [-0.25, -0.2) is 0 Å². The average Bonchev–Trinajstić information content (AvgIpc) is 3.46. The number of carbonyl (C=O) groups excluding carboxylic acids is 2. The largest absolute Gasteiger partial charge is 0.481 e. The van der Waals surface area contributed by atoms with Crippen LogP contribution < -0.4 is 0 Å². The van der Waals surface area contributed by atoms with Gasteiger partial charge in [0.15, 0.2) is 5.78 Å². The normalized spacial score (nSPS) is 39.0. The first-order valence-electron chi connectivity index (χ1n) is 22.4. The number of fused-ring (bicyclic) bond motifs is 6.